The summed E-state index contributed by atoms with van der Waals surface area (Å²) in [5.74, 6) is 0.376. The minimum absolute atomic E-state index is 0.0351. The van der Waals surface area contributed by atoms with E-state index in [4.69, 9.17) is 4.42 Å². The van der Waals surface area contributed by atoms with Crippen molar-refractivity contribution in [2.45, 2.75) is 19.9 Å². The Morgan fingerprint density at radius 2 is 2.24 bits per heavy atom. The lowest BCUT2D eigenvalue weighted by Gasteiger charge is -2.26. The fourth-order valence-electron chi connectivity index (χ4n) is 3.07. The standard InChI is InChI=1S/C17H16N2O2/c1-11-4-5-12-13-10-19(17(20)16-3-2-8-21-16)7-6-14(13)18-15(12)9-11/h2-5,8-9,18H,6-7,10H2,1H3. The summed E-state index contributed by atoms with van der Waals surface area (Å²) in [6.07, 6.45) is 2.40. The van der Waals surface area contributed by atoms with E-state index < -0.39 is 0 Å². The number of aryl methyl sites for hydroxylation is 1. The van der Waals surface area contributed by atoms with Crippen LogP contribution in [0, 0.1) is 6.92 Å². The lowest BCUT2D eigenvalue weighted by atomic mass is 10.0. The van der Waals surface area contributed by atoms with Gasteiger partial charge in [0.2, 0.25) is 0 Å². The number of nitrogens with one attached hydrogen (secondary N) is 1. The number of amides is 1. The van der Waals surface area contributed by atoms with Crippen molar-refractivity contribution in [2.24, 2.45) is 0 Å². The third-order valence-electron chi connectivity index (χ3n) is 4.15. The molecule has 0 fully saturated rings. The number of aromatic amines is 1. The van der Waals surface area contributed by atoms with Crippen molar-refractivity contribution in [3.05, 3.63) is 59.2 Å². The number of nitrogens with zero attached hydrogens (tertiary/aromatic N) is 1. The first-order chi connectivity index (χ1) is 10.2. The predicted octanol–water partition coefficient (Wildman–Crippen LogP) is 3.27. The number of benzene rings is 1. The van der Waals surface area contributed by atoms with Gasteiger partial charge in [-0.3, -0.25) is 4.79 Å². The summed E-state index contributed by atoms with van der Waals surface area (Å²) in [7, 11) is 0. The molecule has 0 aliphatic carbocycles. The maximum Gasteiger partial charge on any atom is 0.289 e. The van der Waals surface area contributed by atoms with Crippen LogP contribution >= 0.6 is 0 Å². The first-order valence-electron chi connectivity index (χ1n) is 7.15. The Balaban J connectivity index is 1.71. The molecule has 4 rings (SSSR count). The highest BCUT2D eigenvalue weighted by Gasteiger charge is 2.25. The van der Waals surface area contributed by atoms with E-state index in [9.17, 15) is 4.79 Å². The molecule has 4 nitrogen and oxygen atoms in total. The van der Waals surface area contributed by atoms with Crippen molar-refractivity contribution in [1.82, 2.24) is 9.88 Å². The van der Waals surface area contributed by atoms with Crippen LogP contribution in [-0.4, -0.2) is 22.3 Å². The van der Waals surface area contributed by atoms with Crippen molar-refractivity contribution in [2.75, 3.05) is 6.54 Å². The molecule has 1 amide bonds. The van der Waals surface area contributed by atoms with Gasteiger partial charge in [-0.05, 0) is 30.7 Å². The molecule has 0 unspecified atom stereocenters. The quantitative estimate of drug-likeness (QED) is 0.743. The van der Waals surface area contributed by atoms with Crippen LogP contribution in [0.1, 0.15) is 27.4 Å². The Morgan fingerprint density at radius 3 is 3.05 bits per heavy atom. The molecule has 0 bridgehead atoms. The molecule has 106 valence electrons. The lowest BCUT2D eigenvalue weighted by molar-refractivity contribution is 0.0703. The molecule has 21 heavy (non-hydrogen) atoms. The molecule has 0 saturated heterocycles. The summed E-state index contributed by atoms with van der Waals surface area (Å²) in [5.41, 5.74) is 4.88. The van der Waals surface area contributed by atoms with Crippen molar-refractivity contribution in [3.63, 3.8) is 0 Å². The highest BCUT2D eigenvalue weighted by molar-refractivity contribution is 5.92. The zero-order chi connectivity index (χ0) is 14.4. The molecule has 0 radical (unpaired) electrons. The van der Waals surface area contributed by atoms with Gasteiger partial charge in [-0.2, -0.15) is 0 Å². The molecule has 2 aromatic heterocycles. The molecule has 0 saturated carbocycles. The molecule has 4 heteroatoms. The zero-order valence-corrected chi connectivity index (χ0v) is 11.8. The average Bonchev–Trinajstić information content (AvgIpc) is 3.12. The highest BCUT2D eigenvalue weighted by Crippen LogP contribution is 2.29. The molecule has 1 aliphatic heterocycles. The number of furan rings is 1. The smallest absolute Gasteiger partial charge is 0.289 e. The summed E-state index contributed by atoms with van der Waals surface area (Å²) < 4.78 is 5.22. The Hall–Kier alpha value is -2.49. The molecule has 1 N–H and O–H groups in total. The van der Waals surface area contributed by atoms with Crippen molar-refractivity contribution in [1.29, 1.82) is 0 Å². The number of aromatic nitrogens is 1. The summed E-state index contributed by atoms with van der Waals surface area (Å²) in [4.78, 5) is 17.7. The molecule has 0 spiro atoms. The van der Waals surface area contributed by atoms with Gasteiger partial charge >= 0.3 is 0 Å². The number of rotatable bonds is 1. The SMILES string of the molecule is Cc1ccc2c3c([nH]c2c1)CCN(C(=O)c1ccco1)C3. The number of hydrogen-bond acceptors (Lipinski definition) is 2. The van der Waals surface area contributed by atoms with Crippen LogP contribution in [0.3, 0.4) is 0 Å². The number of carbonyl (C=O) groups excluding carboxylic acids is 1. The second kappa shape index (κ2) is 4.52. The second-order valence-corrected chi connectivity index (χ2v) is 5.59. The molecular weight excluding hydrogens is 264 g/mol. The Kier molecular flexibility index (Phi) is 2.64. The normalized spacial score (nSPS) is 14.4. The fraction of sp³-hybridized carbons (Fsp3) is 0.235. The minimum Gasteiger partial charge on any atom is -0.459 e. The van der Waals surface area contributed by atoms with E-state index >= 15 is 0 Å². The highest BCUT2D eigenvalue weighted by atomic mass is 16.3. The van der Waals surface area contributed by atoms with E-state index in [1.54, 1.807) is 12.1 Å². The van der Waals surface area contributed by atoms with Crippen molar-refractivity contribution in [3.8, 4) is 0 Å². The number of hydrogen-bond donors (Lipinski definition) is 1. The van der Waals surface area contributed by atoms with Crippen LogP contribution in [0.2, 0.25) is 0 Å². The van der Waals surface area contributed by atoms with Gasteiger partial charge in [0.1, 0.15) is 0 Å². The van der Waals surface area contributed by atoms with Gasteiger partial charge in [-0.1, -0.05) is 12.1 Å². The van der Waals surface area contributed by atoms with Crippen molar-refractivity contribution >= 4 is 16.8 Å². The monoisotopic (exact) mass is 280 g/mol. The zero-order valence-electron chi connectivity index (χ0n) is 11.8. The summed E-state index contributed by atoms with van der Waals surface area (Å²) in [5, 5.41) is 1.22. The van der Waals surface area contributed by atoms with Crippen LogP contribution in [0.25, 0.3) is 10.9 Å². The van der Waals surface area contributed by atoms with Gasteiger partial charge in [-0.25, -0.2) is 0 Å². The van der Waals surface area contributed by atoms with Crippen LogP contribution in [0.5, 0.6) is 0 Å². The molecule has 1 aliphatic rings. The molecule has 3 heterocycles. The third-order valence-corrected chi connectivity index (χ3v) is 4.15. The largest absolute Gasteiger partial charge is 0.459 e. The van der Waals surface area contributed by atoms with Gasteiger partial charge in [-0.15, -0.1) is 0 Å². The molecule has 1 aromatic carbocycles. The van der Waals surface area contributed by atoms with Gasteiger partial charge in [0.25, 0.3) is 5.91 Å². The Labute approximate surface area is 122 Å². The number of carbonyl (C=O) groups is 1. The average molecular weight is 280 g/mol. The summed E-state index contributed by atoms with van der Waals surface area (Å²) in [6.45, 7) is 3.45. The van der Waals surface area contributed by atoms with E-state index in [0.29, 0.717) is 12.3 Å². The topological polar surface area (TPSA) is 49.2 Å². The first-order valence-corrected chi connectivity index (χ1v) is 7.15. The first kappa shape index (κ1) is 12.3. The van der Waals surface area contributed by atoms with Crippen LogP contribution < -0.4 is 0 Å². The molecule has 3 aromatic rings. The third kappa shape index (κ3) is 1.95. The van der Waals surface area contributed by atoms with Crippen LogP contribution in [-0.2, 0) is 13.0 Å². The van der Waals surface area contributed by atoms with Gasteiger partial charge in [0.05, 0.1) is 6.26 Å². The Bertz CT molecular complexity index is 815. The van der Waals surface area contributed by atoms with Gasteiger partial charge in [0, 0.05) is 41.7 Å². The predicted molar refractivity (Wildman–Crippen MR) is 80.2 cm³/mol. The summed E-state index contributed by atoms with van der Waals surface area (Å²) >= 11 is 0. The van der Waals surface area contributed by atoms with E-state index in [1.165, 1.54) is 28.5 Å². The van der Waals surface area contributed by atoms with E-state index in [0.717, 1.165) is 18.5 Å². The Morgan fingerprint density at radius 1 is 1.33 bits per heavy atom. The minimum atomic E-state index is -0.0351. The maximum absolute atomic E-state index is 12.4. The van der Waals surface area contributed by atoms with Crippen molar-refractivity contribution < 1.29 is 9.21 Å². The van der Waals surface area contributed by atoms with Gasteiger partial charge in [0.15, 0.2) is 5.76 Å². The molecule has 0 atom stereocenters. The number of H-pyrrole nitrogens is 1. The van der Waals surface area contributed by atoms with E-state index in [2.05, 4.69) is 30.1 Å². The second-order valence-electron chi connectivity index (χ2n) is 5.59. The molecular formula is C17H16N2O2. The van der Waals surface area contributed by atoms with E-state index in [-0.39, 0.29) is 5.91 Å². The maximum atomic E-state index is 12.4. The summed E-state index contributed by atoms with van der Waals surface area (Å²) in [6, 6.07) is 9.88. The van der Waals surface area contributed by atoms with Crippen LogP contribution in [0.4, 0.5) is 0 Å². The lowest BCUT2D eigenvalue weighted by Crippen LogP contribution is -2.35. The van der Waals surface area contributed by atoms with Crippen LogP contribution in [0.15, 0.2) is 41.0 Å². The number of fused-ring (bicyclic) bond motifs is 3. The van der Waals surface area contributed by atoms with Gasteiger partial charge < -0.3 is 14.3 Å². The van der Waals surface area contributed by atoms with E-state index in [1.807, 2.05) is 4.90 Å². The fourth-order valence-corrected chi connectivity index (χ4v) is 3.07.